The molecule has 1 unspecified atom stereocenters. The number of nitrogens with one attached hydrogen (secondary N) is 1. The highest BCUT2D eigenvalue weighted by Crippen LogP contribution is 2.32. The number of hydrogen-bond donors (Lipinski definition) is 1. The number of anilines is 1. The lowest BCUT2D eigenvalue weighted by atomic mass is 9.94. The van der Waals surface area contributed by atoms with Gasteiger partial charge in [0.25, 0.3) is 0 Å². The number of rotatable bonds is 4. The van der Waals surface area contributed by atoms with E-state index in [2.05, 4.69) is 5.32 Å². The number of ether oxygens (including phenoxy) is 1. The number of thioether (sulfide) groups is 1. The van der Waals surface area contributed by atoms with Crippen molar-refractivity contribution in [3.05, 3.63) is 30.1 Å². The van der Waals surface area contributed by atoms with Crippen molar-refractivity contribution in [2.45, 2.75) is 25.3 Å². The Morgan fingerprint density at radius 2 is 2.32 bits per heavy atom. The molecule has 5 heteroatoms. The van der Waals surface area contributed by atoms with E-state index in [0.29, 0.717) is 24.5 Å². The summed E-state index contributed by atoms with van der Waals surface area (Å²) in [5, 5.41) is 3.08. The van der Waals surface area contributed by atoms with Gasteiger partial charge in [0.2, 0.25) is 0 Å². The molecule has 0 saturated carbocycles. The average Bonchev–Trinajstić information content (AvgIpc) is 2.43. The molecule has 1 aliphatic heterocycles. The van der Waals surface area contributed by atoms with Crippen LogP contribution in [0.4, 0.5) is 10.1 Å². The van der Waals surface area contributed by atoms with Crippen molar-refractivity contribution in [3.8, 4) is 0 Å². The number of hydrogen-bond acceptors (Lipinski definition) is 4. The molecule has 1 N–H and O–H groups in total. The second-order valence-electron chi connectivity index (χ2n) is 4.56. The fourth-order valence-electron chi connectivity index (χ4n) is 2.19. The van der Waals surface area contributed by atoms with Crippen LogP contribution in [0.25, 0.3) is 0 Å². The number of para-hydroxylation sites is 1. The Balaban J connectivity index is 2.23. The van der Waals surface area contributed by atoms with Gasteiger partial charge in [0.15, 0.2) is 0 Å². The summed E-state index contributed by atoms with van der Waals surface area (Å²) >= 11 is 1.70. The van der Waals surface area contributed by atoms with Crippen LogP contribution in [0.3, 0.4) is 0 Å². The van der Waals surface area contributed by atoms with Crippen LogP contribution in [-0.4, -0.2) is 29.6 Å². The molecule has 1 aromatic carbocycles. The summed E-state index contributed by atoms with van der Waals surface area (Å²) in [6.07, 6.45) is 1.60. The predicted molar refractivity (Wildman–Crippen MR) is 75.9 cm³/mol. The zero-order valence-electron chi connectivity index (χ0n) is 10.9. The van der Waals surface area contributed by atoms with Crippen LogP contribution >= 0.6 is 11.8 Å². The highest BCUT2D eigenvalue weighted by Gasteiger charge is 2.41. The van der Waals surface area contributed by atoms with Gasteiger partial charge in [-0.15, -0.1) is 0 Å². The number of halogens is 1. The molecule has 1 aromatic rings. The van der Waals surface area contributed by atoms with Crippen LogP contribution < -0.4 is 5.32 Å². The highest BCUT2D eigenvalue weighted by atomic mass is 32.2. The monoisotopic (exact) mass is 283 g/mol. The Labute approximate surface area is 116 Å². The molecule has 3 nitrogen and oxygen atoms in total. The quantitative estimate of drug-likeness (QED) is 0.862. The van der Waals surface area contributed by atoms with Gasteiger partial charge in [-0.25, -0.2) is 9.18 Å². The molecule has 0 radical (unpaired) electrons. The van der Waals surface area contributed by atoms with Crippen LogP contribution in [0.5, 0.6) is 0 Å². The summed E-state index contributed by atoms with van der Waals surface area (Å²) in [7, 11) is 0. The zero-order chi connectivity index (χ0) is 13.7. The van der Waals surface area contributed by atoms with E-state index in [0.717, 1.165) is 12.2 Å². The minimum atomic E-state index is -0.804. The van der Waals surface area contributed by atoms with Gasteiger partial charge < -0.3 is 10.1 Å². The fourth-order valence-corrected chi connectivity index (χ4v) is 3.37. The molecular weight excluding hydrogens is 265 g/mol. The van der Waals surface area contributed by atoms with E-state index in [1.54, 1.807) is 36.9 Å². The Morgan fingerprint density at radius 3 is 2.95 bits per heavy atom. The first-order chi connectivity index (χ1) is 9.18. The number of carbonyl (C=O) groups excluding carboxylic acids is 1. The summed E-state index contributed by atoms with van der Waals surface area (Å²) in [6, 6.07) is 6.42. The van der Waals surface area contributed by atoms with Crippen LogP contribution in [0.2, 0.25) is 0 Å². The molecule has 0 amide bonds. The van der Waals surface area contributed by atoms with Gasteiger partial charge in [-0.05, 0) is 37.7 Å². The molecule has 0 aromatic heterocycles. The lowest BCUT2D eigenvalue weighted by Crippen LogP contribution is -2.51. The second-order valence-corrected chi connectivity index (χ2v) is 5.67. The predicted octanol–water partition coefficient (Wildman–Crippen LogP) is 3.07. The molecule has 0 spiro atoms. The topological polar surface area (TPSA) is 38.3 Å². The first kappa shape index (κ1) is 14.2. The molecule has 1 atom stereocenters. The number of esters is 1. The zero-order valence-corrected chi connectivity index (χ0v) is 11.8. The van der Waals surface area contributed by atoms with Crippen molar-refractivity contribution < 1.29 is 13.9 Å². The molecule has 0 aliphatic carbocycles. The van der Waals surface area contributed by atoms with Gasteiger partial charge in [-0.3, -0.25) is 0 Å². The van der Waals surface area contributed by atoms with Gasteiger partial charge in [0.1, 0.15) is 11.4 Å². The molecule has 1 saturated heterocycles. The van der Waals surface area contributed by atoms with Gasteiger partial charge in [-0.1, -0.05) is 12.1 Å². The molecule has 104 valence electrons. The molecule has 19 heavy (non-hydrogen) atoms. The van der Waals surface area contributed by atoms with E-state index in [9.17, 15) is 9.18 Å². The number of benzene rings is 1. The van der Waals surface area contributed by atoms with E-state index < -0.39 is 5.54 Å². The third kappa shape index (κ3) is 3.21. The van der Waals surface area contributed by atoms with E-state index in [4.69, 9.17) is 4.74 Å². The molecule has 1 heterocycles. The molecule has 0 bridgehead atoms. The normalized spacial score (nSPS) is 22.8. The van der Waals surface area contributed by atoms with Crippen LogP contribution in [0, 0.1) is 5.82 Å². The van der Waals surface area contributed by atoms with Crippen LogP contribution in [-0.2, 0) is 9.53 Å². The van der Waals surface area contributed by atoms with Crippen molar-refractivity contribution in [1.82, 2.24) is 0 Å². The Morgan fingerprint density at radius 1 is 1.53 bits per heavy atom. The van der Waals surface area contributed by atoms with E-state index in [-0.39, 0.29) is 11.8 Å². The van der Waals surface area contributed by atoms with Crippen molar-refractivity contribution in [1.29, 1.82) is 0 Å². The largest absolute Gasteiger partial charge is 0.464 e. The van der Waals surface area contributed by atoms with Crippen LogP contribution in [0.15, 0.2) is 24.3 Å². The SMILES string of the molecule is CCOC(=O)C1(Nc2ccccc2F)CCCSC1. The Hall–Kier alpha value is -1.23. The molecule has 1 aliphatic rings. The minimum absolute atomic E-state index is 0.287. The molecule has 2 rings (SSSR count). The standard InChI is InChI=1S/C14H18FNO2S/c1-2-18-13(17)14(8-5-9-19-10-14)16-12-7-4-3-6-11(12)15/h3-4,6-7,16H,2,5,8-10H2,1H3. The maximum absolute atomic E-state index is 13.7. The lowest BCUT2D eigenvalue weighted by Gasteiger charge is -2.36. The summed E-state index contributed by atoms with van der Waals surface area (Å²) in [5.74, 6) is 1.01. The van der Waals surface area contributed by atoms with Crippen molar-refractivity contribution in [2.24, 2.45) is 0 Å². The van der Waals surface area contributed by atoms with Gasteiger partial charge >= 0.3 is 5.97 Å². The van der Waals surface area contributed by atoms with Crippen molar-refractivity contribution in [3.63, 3.8) is 0 Å². The highest BCUT2D eigenvalue weighted by molar-refractivity contribution is 7.99. The maximum Gasteiger partial charge on any atom is 0.332 e. The number of carbonyl (C=O) groups is 1. The summed E-state index contributed by atoms with van der Waals surface area (Å²) < 4.78 is 18.9. The van der Waals surface area contributed by atoms with E-state index in [1.165, 1.54) is 6.07 Å². The third-order valence-corrected chi connectivity index (χ3v) is 4.43. The van der Waals surface area contributed by atoms with Gasteiger partial charge in [-0.2, -0.15) is 11.8 Å². The maximum atomic E-state index is 13.7. The average molecular weight is 283 g/mol. The first-order valence-corrected chi connectivity index (χ1v) is 7.61. The summed E-state index contributed by atoms with van der Waals surface area (Å²) in [6.45, 7) is 2.12. The van der Waals surface area contributed by atoms with E-state index in [1.807, 2.05) is 0 Å². The smallest absolute Gasteiger partial charge is 0.332 e. The first-order valence-electron chi connectivity index (χ1n) is 6.45. The third-order valence-electron chi connectivity index (χ3n) is 3.15. The van der Waals surface area contributed by atoms with Gasteiger partial charge in [0.05, 0.1) is 12.3 Å². The van der Waals surface area contributed by atoms with Crippen LogP contribution in [0.1, 0.15) is 19.8 Å². The van der Waals surface area contributed by atoms with Gasteiger partial charge in [0, 0.05) is 5.75 Å². The Kier molecular flexibility index (Phi) is 4.69. The Bertz CT molecular complexity index is 447. The minimum Gasteiger partial charge on any atom is -0.464 e. The summed E-state index contributed by atoms with van der Waals surface area (Å²) in [5.41, 5.74) is -0.445. The lowest BCUT2D eigenvalue weighted by molar-refractivity contribution is -0.148. The molecule has 1 fully saturated rings. The fraction of sp³-hybridized carbons (Fsp3) is 0.500. The van der Waals surface area contributed by atoms with E-state index >= 15 is 0 Å². The molecular formula is C14H18FNO2S. The van der Waals surface area contributed by atoms with Crippen molar-refractivity contribution >= 4 is 23.4 Å². The summed E-state index contributed by atoms with van der Waals surface area (Å²) in [4.78, 5) is 12.2. The van der Waals surface area contributed by atoms with Crippen molar-refractivity contribution in [2.75, 3.05) is 23.4 Å². The second kappa shape index (κ2) is 6.28.